The van der Waals surface area contributed by atoms with Gasteiger partial charge in [0.15, 0.2) is 0 Å². The van der Waals surface area contributed by atoms with E-state index in [1.54, 1.807) is 42.5 Å². The fraction of sp³-hybridized carbons (Fsp3) is 0.154. The van der Waals surface area contributed by atoms with Gasteiger partial charge in [-0.25, -0.2) is 0 Å². The third-order valence-electron chi connectivity index (χ3n) is 4.70. The van der Waals surface area contributed by atoms with Crippen molar-refractivity contribution in [2.45, 2.75) is 6.92 Å². The van der Waals surface area contributed by atoms with Crippen LogP contribution in [0.5, 0.6) is 17.2 Å². The predicted molar refractivity (Wildman–Crippen MR) is 129 cm³/mol. The van der Waals surface area contributed by atoms with E-state index in [1.807, 2.05) is 37.3 Å². The first-order chi connectivity index (χ1) is 16.0. The Labute approximate surface area is 193 Å². The summed E-state index contributed by atoms with van der Waals surface area (Å²) < 4.78 is 16.4. The SMILES string of the molecule is CCOc1ccccc1/C=C/C(=O)Nc1cc(OC)c(NC(=O)c2ccccc2)cc1OC. The number of anilines is 2. The van der Waals surface area contributed by atoms with Crippen LogP contribution in [0.2, 0.25) is 0 Å². The number of ether oxygens (including phenoxy) is 3. The normalized spacial score (nSPS) is 10.5. The van der Waals surface area contributed by atoms with Crippen LogP contribution < -0.4 is 24.8 Å². The van der Waals surface area contributed by atoms with E-state index >= 15 is 0 Å². The second-order valence-corrected chi connectivity index (χ2v) is 6.87. The molecule has 3 rings (SSSR count). The summed E-state index contributed by atoms with van der Waals surface area (Å²) in [5, 5.41) is 5.60. The number of hydrogen-bond donors (Lipinski definition) is 2. The van der Waals surface area contributed by atoms with Crippen molar-refractivity contribution in [3.63, 3.8) is 0 Å². The molecule has 3 aromatic carbocycles. The fourth-order valence-corrected chi connectivity index (χ4v) is 3.12. The standard InChI is InChI=1S/C26H26N2O5/c1-4-33-22-13-9-8-10-18(22)14-15-25(29)27-20-16-24(32-3)21(17-23(20)31-2)28-26(30)19-11-6-5-7-12-19/h5-17H,4H2,1-3H3,(H,27,29)(H,28,30)/b15-14+. The molecule has 0 aliphatic carbocycles. The molecule has 3 aromatic rings. The van der Waals surface area contributed by atoms with E-state index in [1.165, 1.54) is 20.3 Å². The van der Waals surface area contributed by atoms with Gasteiger partial charge in [0, 0.05) is 29.3 Å². The molecule has 0 fully saturated rings. The Morgan fingerprint density at radius 3 is 2.06 bits per heavy atom. The van der Waals surface area contributed by atoms with E-state index in [9.17, 15) is 9.59 Å². The molecule has 7 nitrogen and oxygen atoms in total. The van der Waals surface area contributed by atoms with E-state index in [2.05, 4.69) is 10.6 Å². The maximum Gasteiger partial charge on any atom is 0.255 e. The highest BCUT2D eigenvalue weighted by Gasteiger charge is 2.15. The molecule has 0 aliphatic rings. The molecule has 0 atom stereocenters. The smallest absolute Gasteiger partial charge is 0.255 e. The predicted octanol–water partition coefficient (Wildman–Crippen LogP) is 5.01. The zero-order valence-electron chi connectivity index (χ0n) is 18.8. The number of rotatable bonds is 9. The van der Waals surface area contributed by atoms with Gasteiger partial charge in [0.2, 0.25) is 5.91 Å². The second-order valence-electron chi connectivity index (χ2n) is 6.87. The Kier molecular flexibility index (Phi) is 8.07. The summed E-state index contributed by atoms with van der Waals surface area (Å²) in [6, 6.07) is 19.5. The molecule has 0 aromatic heterocycles. The van der Waals surface area contributed by atoms with Crippen molar-refractivity contribution < 1.29 is 23.8 Å². The first kappa shape index (κ1) is 23.4. The van der Waals surface area contributed by atoms with Gasteiger partial charge in [-0.15, -0.1) is 0 Å². The first-order valence-electron chi connectivity index (χ1n) is 10.4. The molecule has 2 N–H and O–H groups in total. The van der Waals surface area contributed by atoms with Crippen LogP contribution in [-0.2, 0) is 4.79 Å². The highest BCUT2D eigenvalue weighted by molar-refractivity contribution is 6.06. The maximum absolute atomic E-state index is 12.6. The highest BCUT2D eigenvalue weighted by Crippen LogP contribution is 2.36. The fourth-order valence-electron chi connectivity index (χ4n) is 3.12. The summed E-state index contributed by atoms with van der Waals surface area (Å²) in [6.45, 7) is 2.43. The van der Waals surface area contributed by atoms with E-state index in [-0.39, 0.29) is 11.8 Å². The molecule has 0 bridgehead atoms. The van der Waals surface area contributed by atoms with Gasteiger partial charge in [0.1, 0.15) is 17.2 Å². The van der Waals surface area contributed by atoms with Crippen LogP contribution in [0.1, 0.15) is 22.8 Å². The number of para-hydroxylation sites is 1. The van der Waals surface area contributed by atoms with Crippen LogP contribution in [0, 0.1) is 0 Å². The molecule has 0 saturated heterocycles. The van der Waals surface area contributed by atoms with Crippen LogP contribution in [0.15, 0.2) is 72.8 Å². The molecule has 0 unspecified atom stereocenters. The monoisotopic (exact) mass is 446 g/mol. The number of nitrogens with one attached hydrogen (secondary N) is 2. The lowest BCUT2D eigenvalue weighted by molar-refractivity contribution is -0.111. The second kappa shape index (κ2) is 11.4. The zero-order valence-corrected chi connectivity index (χ0v) is 18.8. The number of carbonyl (C=O) groups excluding carboxylic acids is 2. The Morgan fingerprint density at radius 1 is 0.818 bits per heavy atom. The lowest BCUT2D eigenvalue weighted by atomic mass is 10.1. The number of benzene rings is 3. The highest BCUT2D eigenvalue weighted by atomic mass is 16.5. The first-order valence-corrected chi connectivity index (χ1v) is 10.4. The molecule has 33 heavy (non-hydrogen) atoms. The molecular weight excluding hydrogens is 420 g/mol. The number of carbonyl (C=O) groups is 2. The largest absolute Gasteiger partial charge is 0.494 e. The summed E-state index contributed by atoms with van der Waals surface area (Å²) in [4.78, 5) is 25.1. The quantitative estimate of drug-likeness (QED) is 0.452. The van der Waals surface area contributed by atoms with Crippen molar-refractivity contribution >= 4 is 29.3 Å². The van der Waals surface area contributed by atoms with Crippen molar-refractivity contribution in [3.05, 3.63) is 83.9 Å². The van der Waals surface area contributed by atoms with Crippen molar-refractivity contribution in [3.8, 4) is 17.2 Å². The van der Waals surface area contributed by atoms with Crippen molar-refractivity contribution in [2.24, 2.45) is 0 Å². The molecule has 0 radical (unpaired) electrons. The molecule has 7 heteroatoms. The third-order valence-corrected chi connectivity index (χ3v) is 4.70. The van der Waals surface area contributed by atoms with Gasteiger partial charge >= 0.3 is 0 Å². The molecular formula is C26H26N2O5. The van der Waals surface area contributed by atoms with Crippen molar-refractivity contribution in [1.29, 1.82) is 0 Å². The summed E-state index contributed by atoms with van der Waals surface area (Å²) >= 11 is 0. The Morgan fingerprint density at radius 2 is 1.42 bits per heavy atom. The third kappa shape index (κ3) is 6.13. The van der Waals surface area contributed by atoms with Gasteiger partial charge in [-0.2, -0.15) is 0 Å². The van der Waals surface area contributed by atoms with E-state index in [0.717, 1.165) is 5.56 Å². The zero-order chi connectivity index (χ0) is 23.6. The van der Waals surface area contributed by atoms with Gasteiger partial charge < -0.3 is 24.8 Å². The van der Waals surface area contributed by atoms with Crippen molar-refractivity contribution in [2.75, 3.05) is 31.5 Å². The lowest BCUT2D eigenvalue weighted by Gasteiger charge is -2.16. The molecule has 0 spiro atoms. The molecule has 0 heterocycles. The Hall–Kier alpha value is -4.26. The van der Waals surface area contributed by atoms with Gasteiger partial charge in [-0.05, 0) is 31.2 Å². The van der Waals surface area contributed by atoms with E-state index in [0.29, 0.717) is 40.8 Å². The number of amides is 2. The van der Waals surface area contributed by atoms with Gasteiger partial charge in [-0.3, -0.25) is 9.59 Å². The molecule has 0 aliphatic heterocycles. The average molecular weight is 447 g/mol. The summed E-state index contributed by atoms with van der Waals surface area (Å²) in [5.41, 5.74) is 2.12. The molecule has 170 valence electrons. The summed E-state index contributed by atoms with van der Waals surface area (Å²) in [5.74, 6) is 0.796. The Bertz CT molecular complexity index is 1140. The van der Waals surface area contributed by atoms with Gasteiger partial charge in [0.05, 0.1) is 32.2 Å². The van der Waals surface area contributed by atoms with E-state index in [4.69, 9.17) is 14.2 Å². The lowest BCUT2D eigenvalue weighted by Crippen LogP contribution is -2.14. The summed E-state index contributed by atoms with van der Waals surface area (Å²) in [7, 11) is 2.96. The van der Waals surface area contributed by atoms with Crippen LogP contribution in [-0.4, -0.2) is 32.6 Å². The minimum Gasteiger partial charge on any atom is -0.494 e. The van der Waals surface area contributed by atoms with Crippen LogP contribution in [0.4, 0.5) is 11.4 Å². The summed E-state index contributed by atoms with van der Waals surface area (Å²) in [6.07, 6.45) is 3.09. The topological polar surface area (TPSA) is 85.9 Å². The van der Waals surface area contributed by atoms with Gasteiger partial charge in [0.25, 0.3) is 5.91 Å². The average Bonchev–Trinajstić information content (AvgIpc) is 2.84. The molecule has 0 saturated carbocycles. The maximum atomic E-state index is 12.6. The molecule has 2 amide bonds. The number of methoxy groups -OCH3 is 2. The van der Waals surface area contributed by atoms with Crippen molar-refractivity contribution in [1.82, 2.24) is 0 Å². The Balaban J connectivity index is 1.79. The minimum atomic E-state index is -0.359. The van der Waals surface area contributed by atoms with Crippen LogP contribution >= 0.6 is 0 Å². The van der Waals surface area contributed by atoms with E-state index < -0.39 is 0 Å². The van der Waals surface area contributed by atoms with Gasteiger partial charge in [-0.1, -0.05) is 36.4 Å². The number of hydrogen-bond acceptors (Lipinski definition) is 5. The van der Waals surface area contributed by atoms with Crippen LogP contribution in [0.3, 0.4) is 0 Å². The minimum absolute atomic E-state index is 0.288. The van der Waals surface area contributed by atoms with Crippen LogP contribution in [0.25, 0.3) is 6.08 Å².